The van der Waals surface area contributed by atoms with Gasteiger partial charge < -0.3 is 5.11 Å². The zero-order valence-electron chi connectivity index (χ0n) is 9.45. The first kappa shape index (κ1) is 11.9. The summed E-state index contributed by atoms with van der Waals surface area (Å²) in [6, 6.07) is 3.82. The SMILES string of the molecule is O=C(NN1CCCCC1)c1c(O)cccc1F. The Morgan fingerprint density at radius 2 is 2.00 bits per heavy atom. The molecule has 1 aliphatic rings. The van der Waals surface area contributed by atoms with E-state index in [1.807, 2.05) is 0 Å². The summed E-state index contributed by atoms with van der Waals surface area (Å²) >= 11 is 0. The molecule has 2 N–H and O–H groups in total. The van der Waals surface area contributed by atoms with Crippen molar-refractivity contribution in [3.63, 3.8) is 0 Å². The van der Waals surface area contributed by atoms with E-state index in [0.717, 1.165) is 38.4 Å². The van der Waals surface area contributed by atoms with Gasteiger partial charge in [0.15, 0.2) is 0 Å². The first-order valence-corrected chi connectivity index (χ1v) is 5.72. The van der Waals surface area contributed by atoms with Gasteiger partial charge in [0, 0.05) is 13.1 Å². The van der Waals surface area contributed by atoms with Crippen molar-refractivity contribution in [3.05, 3.63) is 29.6 Å². The van der Waals surface area contributed by atoms with E-state index in [2.05, 4.69) is 5.43 Å². The van der Waals surface area contributed by atoms with Gasteiger partial charge in [-0.1, -0.05) is 12.5 Å². The lowest BCUT2D eigenvalue weighted by atomic mass is 10.1. The number of aromatic hydroxyl groups is 1. The van der Waals surface area contributed by atoms with Gasteiger partial charge in [-0.2, -0.15) is 0 Å². The van der Waals surface area contributed by atoms with E-state index >= 15 is 0 Å². The van der Waals surface area contributed by atoms with Crippen molar-refractivity contribution in [2.45, 2.75) is 19.3 Å². The van der Waals surface area contributed by atoms with Crippen molar-refractivity contribution in [1.82, 2.24) is 10.4 Å². The van der Waals surface area contributed by atoms with Gasteiger partial charge in [-0.15, -0.1) is 0 Å². The molecular formula is C12H15FN2O2. The number of carbonyl (C=O) groups excluding carboxylic acids is 1. The minimum Gasteiger partial charge on any atom is -0.507 e. The molecule has 5 heteroatoms. The molecule has 1 aromatic rings. The number of halogens is 1. The van der Waals surface area contributed by atoms with E-state index in [9.17, 15) is 14.3 Å². The van der Waals surface area contributed by atoms with Gasteiger partial charge in [0.05, 0.1) is 0 Å². The lowest BCUT2D eigenvalue weighted by Crippen LogP contribution is -2.45. The molecule has 1 aromatic carbocycles. The highest BCUT2D eigenvalue weighted by Gasteiger charge is 2.19. The molecule has 0 radical (unpaired) electrons. The molecule has 1 aliphatic heterocycles. The van der Waals surface area contributed by atoms with Gasteiger partial charge in [-0.05, 0) is 25.0 Å². The largest absolute Gasteiger partial charge is 0.507 e. The number of phenolic OH excluding ortho intramolecular Hbond substituents is 1. The minimum atomic E-state index is -0.709. The van der Waals surface area contributed by atoms with E-state index in [1.165, 1.54) is 12.1 Å². The van der Waals surface area contributed by atoms with Gasteiger partial charge >= 0.3 is 0 Å². The van der Waals surface area contributed by atoms with Crippen LogP contribution in [0.5, 0.6) is 5.75 Å². The topological polar surface area (TPSA) is 52.6 Å². The Bertz CT molecular complexity index is 397. The predicted octanol–water partition coefficient (Wildman–Crippen LogP) is 1.66. The Morgan fingerprint density at radius 3 is 2.65 bits per heavy atom. The van der Waals surface area contributed by atoms with Gasteiger partial charge in [0.1, 0.15) is 17.1 Å². The summed E-state index contributed by atoms with van der Waals surface area (Å²) in [5.41, 5.74) is 2.32. The molecule has 1 heterocycles. The number of nitrogens with one attached hydrogen (secondary N) is 1. The highest BCUT2D eigenvalue weighted by molar-refractivity contribution is 5.96. The molecule has 4 nitrogen and oxygen atoms in total. The zero-order chi connectivity index (χ0) is 12.3. The molecule has 1 fully saturated rings. The number of rotatable bonds is 2. The first-order valence-electron chi connectivity index (χ1n) is 5.72. The first-order chi connectivity index (χ1) is 8.18. The molecule has 92 valence electrons. The number of amides is 1. The summed E-state index contributed by atoms with van der Waals surface area (Å²) in [5.74, 6) is -1.64. The molecule has 0 unspecified atom stereocenters. The second-order valence-corrected chi connectivity index (χ2v) is 4.12. The van der Waals surface area contributed by atoms with Crippen LogP contribution in [0.3, 0.4) is 0 Å². The van der Waals surface area contributed by atoms with E-state index < -0.39 is 11.7 Å². The predicted molar refractivity (Wildman–Crippen MR) is 61.0 cm³/mol. The van der Waals surface area contributed by atoms with Crippen LogP contribution in [0.15, 0.2) is 18.2 Å². The summed E-state index contributed by atoms with van der Waals surface area (Å²) in [6.07, 6.45) is 3.18. The lowest BCUT2D eigenvalue weighted by Gasteiger charge is -2.26. The van der Waals surface area contributed by atoms with Crippen molar-refractivity contribution < 1.29 is 14.3 Å². The van der Waals surface area contributed by atoms with Crippen molar-refractivity contribution >= 4 is 5.91 Å². The Kier molecular flexibility index (Phi) is 3.58. The molecule has 1 saturated heterocycles. The van der Waals surface area contributed by atoms with Crippen LogP contribution in [0.1, 0.15) is 29.6 Å². The maximum Gasteiger partial charge on any atom is 0.272 e. The van der Waals surface area contributed by atoms with Crippen LogP contribution in [-0.2, 0) is 0 Å². The molecule has 1 amide bonds. The number of hydrogen-bond acceptors (Lipinski definition) is 3. The number of phenols is 1. The number of hydrogen-bond donors (Lipinski definition) is 2. The van der Waals surface area contributed by atoms with E-state index in [0.29, 0.717) is 0 Å². The maximum atomic E-state index is 13.4. The highest BCUT2D eigenvalue weighted by Crippen LogP contribution is 2.19. The Balaban J connectivity index is 2.08. The van der Waals surface area contributed by atoms with Crippen LogP contribution >= 0.6 is 0 Å². The summed E-state index contributed by atoms with van der Waals surface area (Å²) in [4.78, 5) is 11.8. The maximum absolute atomic E-state index is 13.4. The summed E-state index contributed by atoms with van der Waals surface area (Å²) in [6.45, 7) is 1.53. The van der Waals surface area contributed by atoms with Crippen molar-refractivity contribution in [1.29, 1.82) is 0 Å². The monoisotopic (exact) mass is 238 g/mol. The van der Waals surface area contributed by atoms with Crippen molar-refractivity contribution in [2.75, 3.05) is 13.1 Å². The van der Waals surface area contributed by atoms with Crippen LogP contribution in [0, 0.1) is 5.82 Å². The second kappa shape index (κ2) is 5.14. The fourth-order valence-corrected chi connectivity index (χ4v) is 1.94. The molecule has 0 saturated carbocycles. The molecule has 0 bridgehead atoms. The molecular weight excluding hydrogens is 223 g/mol. The fourth-order valence-electron chi connectivity index (χ4n) is 1.94. The average Bonchev–Trinajstić information content (AvgIpc) is 2.30. The lowest BCUT2D eigenvalue weighted by molar-refractivity contribution is 0.0743. The third-order valence-corrected chi connectivity index (χ3v) is 2.83. The van der Waals surface area contributed by atoms with Crippen molar-refractivity contribution in [3.8, 4) is 5.75 Å². The number of hydrazine groups is 1. The molecule has 2 rings (SSSR count). The van der Waals surface area contributed by atoms with Crippen LogP contribution in [0.25, 0.3) is 0 Å². The van der Waals surface area contributed by atoms with Crippen LogP contribution in [0.2, 0.25) is 0 Å². The van der Waals surface area contributed by atoms with Crippen LogP contribution in [-0.4, -0.2) is 29.1 Å². The second-order valence-electron chi connectivity index (χ2n) is 4.12. The quantitative estimate of drug-likeness (QED) is 0.824. The average molecular weight is 238 g/mol. The Hall–Kier alpha value is -1.62. The normalized spacial score (nSPS) is 16.8. The van der Waals surface area contributed by atoms with Gasteiger partial charge in [-0.25, -0.2) is 9.40 Å². The number of nitrogens with zero attached hydrogens (tertiary/aromatic N) is 1. The number of piperidine rings is 1. The summed E-state index contributed by atoms with van der Waals surface area (Å²) in [7, 11) is 0. The number of benzene rings is 1. The zero-order valence-corrected chi connectivity index (χ0v) is 9.45. The van der Waals surface area contributed by atoms with E-state index in [4.69, 9.17) is 0 Å². The minimum absolute atomic E-state index is 0.293. The van der Waals surface area contributed by atoms with Gasteiger partial charge in [0.25, 0.3) is 5.91 Å². The third-order valence-electron chi connectivity index (χ3n) is 2.83. The molecule has 0 aromatic heterocycles. The Morgan fingerprint density at radius 1 is 1.29 bits per heavy atom. The standard InChI is InChI=1S/C12H15FN2O2/c13-9-5-4-6-10(16)11(9)12(17)14-15-7-2-1-3-8-15/h4-6,16H,1-3,7-8H2,(H,14,17). The molecule has 0 spiro atoms. The van der Waals surface area contributed by atoms with E-state index in [-0.39, 0.29) is 11.3 Å². The van der Waals surface area contributed by atoms with Crippen LogP contribution in [0.4, 0.5) is 4.39 Å². The molecule has 17 heavy (non-hydrogen) atoms. The fraction of sp³-hybridized carbons (Fsp3) is 0.417. The van der Waals surface area contributed by atoms with Crippen molar-refractivity contribution in [2.24, 2.45) is 0 Å². The van der Waals surface area contributed by atoms with E-state index in [1.54, 1.807) is 5.01 Å². The van der Waals surface area contributed by atoms with Gasteiger partial charge in [-0.3, -0.25) is 10.2 Å². The number of carbonyl (C=O) groups is 1. The smallest absolute Gasteiger partial charge is 0.272 e. The summed E-state index contributed by atoms with van der Waals surface area (Å²) in [5, 5.41) is 11.2. The third kappa shape index (κ3) is 2.74. The molecule has 0 aliphatic carbocycles. The van der Waals surface area contributed by atoms with Gasteiger partial charge in [0.2, 0.25) is 0 Å². The highest BCUT2D eigenvalue weighted by atomic mass is 19.1. The summed E-state index contributed by atoms with van der Waals surface area (Å²) < 4.78 is 13.4. The van der Waals surface area contributed by atoms with Crippen LogP contribution < -0.4 is 5.43 Å². The molecule has 0 atom stereocenters. The Labute approximate surface area is 99.0 Å².